The Morgan fingerprint density at radius 3 is 2.64 bits per heavy atom. The zero-order chi connectivity index (χ0) is 18.0. The van der Waals surface area contributed by atoms with Crippen LogP contribution in [-0.2, 0) is 11.2 Å². The number of hydrogen-bond acceptors (Lipinski definition) is 3. The van der Waals surface area contributed by atoms with Crippen molar-refractivity contribution in [2.24, 2.45) is 0 Å². The van der Waals surface area contributed by atoms with Gasteiger partial charge in [-0.2, -0.15) is 0 Å². The van der Waals surface area contributed by atoms with Crippen LogP contribution in [0.2, 0.25) is 0 Å². The molecule has 1 N–H and O–H groups in total. The molecular formula is C18H13BrF2N2O2. The second kappa shape index (κ2) is 7.14. The molecule has 0 saturated carbocycles. The van der Waals surface area contributed by atoms with Gasteiger partial charge in [0.05, 0.1) is 22.3 Å². The Kier molecular flexibility index (Phi) is 4.94. The van der Waals surface area contributed by atoms with Gasteiger partial charge in [-0.25, -0.2) is 13.8 Å². The van der Waals surface area contributed by atoms with Crippen molar-refractivity contribution in [3.63, 3.8) is 0 Å². The molecule has 0 saturated heterocycles. The van der Waals surface area contributed by atoms with E-state index in [0.29, 0.717) is 17.3 Å². The van der Waals surface area contributed by atoms with Crippen molar-refractivity contribution >= 4 is 27.5 Å². The lowest BCUT2D eigenvalue weighted by molar-refractivity contribution is -0.115. The molecule has 0 bridgehead atoms. The molecule has 0 unspecified atom stereocenters. The lowest BCUT2D eigenvalue weighted by atomic mass is 10.2. The molecule has 1 aromatic heterocycles. The zero-order valence-corrected chi connectivity index (χ0v) is 14.7. The third kappa shape index (κ3) is 3.93. The number of hydrogen-bond donors (Lipinski definition) is 1. The Morgan fingerprint density at radius 2 is 1.92 bits per heavy atom. The Hall–Kier alpha value is -2.54. The highest BCUT2D eigenvalue weighted by atomic mass is 79.9. The van der Waals surface area contributed by atoms with Crippen molar-refractivity contribution in [2.45, 2.75) is 13.3 Å². The Morgan fingerprint density at radius 1 is 1.20 bits per heavy atom. The number of benzene rings is 2. The van der Waals surface area contributed by atoms with Gasteiger partial charge in [0.2, 0.25) is 11.8 Å². The summed E-state index contributed by atoms with van der Waals surface area (Å²) in [7, 11) is 0. The highest BCUT2D eigenvalue weighted by Crippen LogP contribution is 2.24. The van der Waals surface area contributed by atoms with Crippen LogP contribution in [0.25, 0.3) is 11.5 Å². The smallest absolute Gasteiger partial charge is 0.230 e. The Bertz CT molecular complexity index is 926. The van der Waals surface area contributed by atoms with Gasteiger partial charge in [-0.05, 0) is 41.1 Å². The first-order valence-electron chi connectivity index (χ1n) is 7.40. The quantitative estimate of drug-likeness (QED) is 0.628. The first-order chi connectivity index (χ1) is 11.9. The summed E-state index contributed by atoms with van der Waals surface area (Å²) < 4.78 is 32.9. The predicted octanol–water partition coefficient (Wildman–Crippen LogP) is 4.87. The van der Waals surface area contributed by atoms with Crippen LogP contribution < -0.4 is 5.32 Å². The van der Waals surface area contributed by atoms with E-state index in [2.05, 4.69) is 26.2 Å². The molecule has 3 aromatic rings. The van der Waals surface area contributed by atoms with E-state index in [1.807, 2.05) is 30.3 Å². The van der Waals surface area contributed by atoms with Crippen LogP contribution in [0, 0.1) is 18.6 Å². The van der Waals surface area contributed by atoms with E-state index in [-0.39, 0.29) is 16.6 Å². The molecule has 0 radical (unpaired) electrons. The van der Waals surface area contributed by atoms with Gasteiger partial charge < -0.3 is 9.73 Å². The van der Waals surface area contributed by atoms with Crippen LogP contribution >= 0.6 is 15.9 Å². The van der Waals surface area contributed by atoms with Gasteiger partial charge in [-0.1, -0.05) is 18.2 Å². The van der Waals surface area contributed by atoms with Gasteiger partial charge in [-0.3, -0.25) is 4.79 Å². The van der Waals surface area contributed by atoms with E-state index in [4.69, 9.17) is 4.42 Å². The summed E-state index contributed by atoms with van der Waals surface area (Å²) in [5.41, 5.74) is 1.00. The van der Waals surface area contributed by atoms with Gasteiger partial charge in [0, 0.05) is 11.6 Å². The summed E-state index contributed by atoms with van der Waals surface area (Å²) in [6.07, 6.45) is -0.112. The monoisotopic (exact) mass is 406 g/mol. The highest BCUT2D eigenvalue weighted by molar-refractivity contribution is 9.10. The molecule has 1 amide bonds. The van der Waals surface area contributed by atoms with Gasteiger partial charge in [0.25, 0.3) is 0 Å². The van der Waals surface area contributed by atoms with Crippen LogP contribution in [-0.4, -0.2) is 10.9 Å². The minimum Gasteiger partial charge on any atom is -0.441 e. The molecule has 0 aliphatic rings. The van der Waals surface area contributed by atoms with Crippen LogP contribution in [0.5, 0.6) is 0 Å². The average Bonchev–Trinajstić information content (AvgIpc) is 2.94. The van der Waals surface area contributed by atoms with Gasteiger partial charge >= 0.3 is 0 Å². The molecule has 0 spiro atoms. The van der Waals surface area contributed by atoms with Gasteiger partial charge in [0.15, 0.2) is 0 Å². The second-order valence-electron chi connectivity index (χ2n) is 5.36. The number of oxazole rings is 1. The Labute approximate surface area is 151 Å². The van der Waals surface area contributed by atoms with Crippen molar-refractivity contribution in [1.82, 2.24) is 4.98 Å². The zero-order valence-electron chi connectivity index (χ0n) is 13.1. The molecule has 0 atom stereocenters. The van der Waals surface area contributed by atoms with Gasteiger partial charge in [-0.15, -0.1) is 0 Å². The average molecular weight is 407 g/mol. The maximum absolute atomic E-state index is 13.8. The van der Waals surface area contributed by atoms with Crippen molar-refractivity contribution in [3.8, 4) is 11.5 Å². The number of carbonyl (C=O) groups is 1. The van der Waals surface area contributed by atoms with E-state index in [1.165, 1.54) is 0 Å². The lowest BCUT2D eigenvalue weighted by Crippen LogP contribution is -2.16. The fourth-order valence-electron chi connectivity index (χ4n) is 2.26. The molecule has 4 nitrogen and oxygen atoms in total. The largest absolute Gasteiger partial charge is 0.441 e. The summed E-state index contributed by atoms with van der Waals surface area (Å²) in [5, 5.41) is 2.35. The third-order valence-corrected chi connectivity index (χ3v) is 4.13. The number of aryl methyl sites for hydroxylation is 1. The normalized spacial score (nSPS) is 10.7. The molecule has 25 heavy (non-hydrogen) atoms. The maximum atomic E-state index is 13.8. The molecule has 128 valence electrons. The summed E-state index contributed by atoms with van der Waals surface area (Å²) in [4.78, 5) is 16.4. The lowest BCUT2D eigenvalue weighted by Gasteiger charge is -2.06. The number of aromatic nitrogens is 1. The van der Waals surface area contributed by atoms with Crippen LogP contribution in [0.4, 0.5) is 14.5 Å². The second-order valence-corrected chi connectivity index (χ2v) is 6.21. The van der Waals surface area contributed by atoms with E-state index in [1.54, 1.807) is 6.92 Å². The standard InChI is InChI=1S/C18H13BrF2N2O2/c1-10-15(23-18(25-10)11-5-3-2-4-6-11)9-17(24)22-16-8-13(20)12(19)7-14(16)21/h2-8H,9H2,1H3,(H,22,24). The molecule has 7 heteroatoms. The van der Waals surface area contributed by atoms with E-state index in [9.17, 15) is 13.6 Å². The van der Waals surface area contributed by atoms with Crippen LogP contribution in [0.3, 0.4) is 0 Å². The van der Waals surface area contributed by atoms with Crippen molar-refractivity contribution in [2.75, 3.05) is 5.32 Å². The van der Waals surface area contributed by atoms with E-state index >= 15 is 0 Å². The van der Waals surface area contributed by atoms with Crippen molar-refractivity contribution in [1.29, 1.82) is 0 Å². The first kappa shape index (κ1) is 17.3. The number of halogens is 3. The first-order valence-corrected chi connectivity index (χ1v) is 8.19. The van der Waals surface area contributed by atoms with Crippen LogP contribution in [0.15, 0.2) is 51.4 Å². The van der Waals surface area contributed by atoms with Crippen molar-refractivity contribution < 1.29 is 18.0 Å². The van der Waals surface area contributed by atoms with E-state index < -0.39 is 17.5 Å². The highest BCUT2D eigenvalue weighted by Gasteiger charge is 2.16. The summed E-state index contributed by atoms with van der Waals surface area (Å²) >= 11 is 2.88. The van der Waals surface area contributed by atoms with Gasteiger partial charge in [0.1, 0.15) is 17.4 Å². The molecule has 1 heterocycles. The molecular weight excluding hydrogens is 394 g/mol. The number of nitrogens with one attached hydrogen (secondary N) is 1. The Balaban J connectivity index is 1.76. The maximum Gasteiger partial charge on any atom is 0.230 e. The molecule has 0 aliphatic carbocycles. The summed E-state index contributed by atoms with van der Waals surface area (Å²) in [6.45, 7) is 1.70. The SMILES string of the molecule is Cc1oc(-c2ccccc2)nc1CC(=O)Nc1cc(F)c(Br)cc1F. The topological polar surface area (TPSA) is 55.1 Å². The number of carbonyl (C=O) groups excluding carboxylic acids is 1. The molecule has 0 aliphatic heterocycles. The number of anilines is 1. The molecule has 3 rings (SSSR count). The van der Waals surface area contributed by atoms with Crippen LogP contribution in [0.1, 0.15) is 11.5 Å². The predicted molar refractivity (Wildman–Crippen MR) is 93.1 cm³/mol. The fourth-order valence-corrected chi connectivity index (χ4v) is 2.58. The fraction of sp³-hybridized carbons (Fsp3) is 0.111. The van der Waals surface area contributed by atoms with Crippen molar-refractivity contribution in [3.05, 3.63) is 70.0 Å². The number of rotatable bonds is 4. The van der Waals surface area contributed by atoms with E-state index in [0.717, 1.165) is 17.7 Å². The third-order valence-electron chi connectivity index (χ3n) is 3.53. The minimum atomic E-state index is -0.733. The minimum absolute atomic E-state index is 0.0113. The number of amides is 1. The molecule has 2 aromatic carbocycles. The molecule has 0 fully saturated rings. The number of nitrogens with zero attached hydrogens (tertiary/aromatic N) is 1. The summed E-state index contributed by atoms with van der Waals surface area (Å²) in [5.74, 6) is -1.01. The summed E-state index contributed by atoms with van der Waals surface area (Å²) in [6, 6.07) is 11.1.